The summed E-state index contributed by atoms with van der Waals surface area (Å²) >= 11 is 5.52. The van der Waals surface area contributed by atoms with Crippen molar-refractivity contribution in [1.29, 1.82) is 0 Å². The summed E-state index contributed by atoms with van der Waals surface area (Å²) in [7, 11) is 0. The number of carbonyl (C=O) groups excluding carboxylic acids is 9. The summed E-state index contributed by atoms with van der Waals surface area (Å²) in [6, 6.07) is -6.90. The third-order valence-electron chi connectivity index (χ3n) is 14.0. The van der Waals surface area contributed by atoms with Gasteiger partial charge in [-0.3, -0.25) is 48.1 Å². The molecule has 0 radical (unpaired) electrons. The summed E-state index contributed by atoms with van der Waals surface area (Å²) in [5.41, 5.74) is 11.1. The van der Waals surface area contributed by atoms with E-state index in [2.05, 4.69) is 70.4 Å². The lowest BCUT2D eigenvalue weighted by Crippen LogP contribution is -2.59. The number of guanidine groups is 1. The molecule has 0 spiro atoms. The first kappa shape index (κ1) is 75.6. The number of aliphatic imine (C=N–C) groups is 1. The van der Waals surface area contributed by atoms with Crippen molar-refractivity contribution in [2.45, 2.75) is 243 Å². The second kappa shape index (κ2) is 47.9. The molecule has 9 amide bonds. The van der Waals surface area contributed by atoms with Crippen LogP contribution >= 0.6 is 12.2 Å². The lowest BCUT2D eigenvalue weighted by molar-refractivity contribution is -0.145. The van der Waals surface area contributed by atoms with Gasteiger partial charge in [-0.25, -0.2) is 4.79 Å². The Morgan fingerprint density at radius 1 is 0.607 bits per heavy atom. The van der Waals surface area contributed by atoms with Crippen LogP contribution in [0.25, 0.3) is 0 Å². The molecule has 0 saturated carbocycles. The molecule has 1 aliphatic heterocycles. The number of nitrogens with one attached hydrogen (secondary N) is 11. The van der Waals surface area contributed by atoms with Crippen LogP contribution in [0.1, 0.15) is 207 Å². The number of hydrogen-bond acceptors (Lipinski definition) is 13. The zero-order valence-corrected chi connectivity index (χ0v) is 51.2. The minimum Gasteiger partial charge on any atom is -0.480 e. The standard InChI is InChI=1S/C57H104N14O12S/c1-4-5-6-7-8-9-10-11-12-13-16-22-35-63-57(84)64-36-25-21-28-43-52(79)69-44(54(81)71-50(40(2)72)55(82)83)29-20-24-34-61-49(77)39-66-47(75)32-18-15-14-17-31-46(74)65-38-48(76)60-33-23-19-27-42(67-41(3)73)51(78)70-45(53(80)68-43)30-26-37-62-56(58)59/h40,42-45,50,72H,4-39H2,1-3H3,(H,60,76)(H,61,77)(H,65,74)(H,66,75)(H,67,73)(H,68,80)(H,69,79)(H,70,78)(H,71,81)(H,82,83)(H4,58,59,62)(H2,63,64,84)/t40-,42+,43+,44+,45+,50+/m1/s1. The van der Waals surface area contributed by atoms with Crippen LogP contribution in [0.3, 0.4) is 0 Å². The second-order valence-corrected chi connectivity index (χ2v) is 22.1. The number of aliphatic hydroxyl groups excluding tert-OH is 1. The zero-order valence-electron chi connectivity index (χ0n) is 50.4. The van der Waals surface area contributed by atoms with Gasteiger partial charge in [0.1, 0.15) is 24.2 Å². The largest absolute Gasteiger partial charge is 0.480 e. The van der Waals surface area contributed by atoms with Gasteiger partial charge in [0, 0.05) is 52.5 Å². The second-order valence-electron chi connectivity index (χ2n) is 21.7. The fraction of sp³-hybridized carbons (Fsp3) is 0.789. The van der Waals surface area contributed by atoms with E-state index in [-0.39, 0.29) is 108 Å². The van der Waals surface area contributed by atoms with E-state index in [1.165, 1.54) is 78.1 Å². The van der Waals surface area contributed by atoms with Crippen LogP contribution in [0.4, 0.5) is 0 Å². The van der Waals surface area contributed by atoms with E-state index in [1.807, 2.05) is 0 Å². The number of aliphatic carboxylic acids is 1. The normalized spacial score (nSPS) is 20.2. The molecule has 0 unspecified atom stereocenters. The Morgan fingerprint density at radius 2 is 1.08 bits per heavy atom. The molecule has 84 heavy (non-hydrogen) atoms. The van der Waals surface area contributed by atoms with Gasteiger partial charge in [-0.05, 0) is 109 Å². The van der Waals surface area contributed by atoms with Crippen molar-refractivity contribution in [2.75, 3.05) is 45.8 Å². The SMILES string of the molecule is CCCCCCCCCCCCCCNC(=S)NCCCC[C@@H]1NC(=O)[C@H](CCCN=C(N)N)NC(=O)[C@@H](NC(C)=O)CCCCNC(=O)CNC(=O)CCCCCCC(=O)NCC(=O)NCCCC[C@@H](C(=O)N[C@H](C(=O)O)[C@@H](C)O)NC1=O. The molecular formula is C57H104N14O12S. The molecule has 27 heteroatoms. The molecule has 1 aliphatic rings. The number of carboxylic acid groups (broad SMARTS) is 1. The van der Waals surface area contributed by atoms with Gasteiger partial charge in [0.25, 0.3) is 0 Å². The van der Waals surface area contributed by atoms with E-state index in [1.54, 1.807) is 0 Å². The molecule has 0 aliphatic carbocycles. The Morgan fingerprint density at radius 3 is 1.58 bits per heavy atom. The number of unbranched alkanes of at least 4 members (excludes halogenated alkanes) is 12. The summed E-state index contributed by atoms with van der Waals surface area (Å²) < 4.78 is 0. The molecule has 1 saturated heterocycles. The molecule has 1 heterocycles. The molecule has 0 aromatic rings. The molecule has 1 fully saturated rings. The summed E-state index contributed by atoms with van der Waals surface area (Å²) in [5, 5.41) is 50.5. The average Bonchev–Trinajstić information content (AvgIpc) is 3.66. The lowest BCUT2D eigenvalue weighted by Gasteiger charge is -2.27. The lowest BCUT2D eigenvalue weighted by atomic mass is 10.0. The molecular weight excluding hydrogens is 1100 g/mol. The number of aliphatic hydroxyl groups is 1. The van der Waals surface area contributed by atoms with Gasteiger partial charge < -0.3 is 80.2 Å². The predicted octanol–water partition coefficient (Wildman–Crippen LogP) is 1.44. The van der Waals surface area contributed by atoms with E-state index in [0.29, 0.717) is 69.6 Å². The fourth-order valence-corrected chi connectivity index (χ4v) is 9.38. The molecule has 0 aromatic heterocycles. The van der Waals surface area contributed by atoms with Crippen molar-refractivity contribution in [3.63, 3.8) is 0 Å². The van der Waals surface area contributed by atoms with Crippen molar-refractivity contribution in [2.24, 2.45) is 16.5 Å². The first-order valence-electron chi connectivity index (χ1n) is 30.8. The van der Waals surface area contributed by atoms with Crippen molar-refractivity contribution >= 4 is 82.4 Å². The van der Waals surface area contributed by atoms with Gasteiger partial charge >= 0.3 is 5.97 Å². The fourth-order valence-electron chi connectivity index (χ4n) is 9.18. The first-order chi connectivity index (χ1) is 40.2. The quantitative estimate of drug-likeness (QED) is 0.0239. The molecule has 26 nitrogen and oxygen atoms in total. The van der Waals surface area contributed by atoms with Gasteiger partial charge in [0.15, 0.2) is 17.1 Å². The highest BCUT2D eigenvalue weighted by atomic mass is 32.1. The number of nitrogens with two attached hydrogens (primary N) is 2. The molecule has 17 N–H and O–H groups in total. The van der Waals surface area contributed by atoms with Gasteiger partial charge in [-0.15, -0.1) is 0 Å². The van der Waals surface area contributed by atoms with Crippen LogP contribution < -0.4 is 70.0 Å². The summed E-state index contributed by atoms with van der Waals surface area (Å²) in [6.45, 7) is 5.62. The number of thiocarbonyl (C=S) groups is 1. The number of rotatable bonds is 27. The zero-order chi connectivity index (χ0) is 62.3. The number of carboxylic acids is 1. The third-order valence-corrected chi connectivity index (χ3v) is 14.3. The van der Waals surface area contributed by atoms with Gasteiger partial charge in [0.2, 0.25) is 53.2 Å². The topological polar surface area (TPSA) is 408 Å². The van der Waals surface area contributed by atoms with E-state index >= 15 is 0 Å². The van der Waals surface area contributed by atoms with Crippen LogP contribution in [0.2, 0.25) is 0 Å². The summed E-state index contributed by atoms with van der Waals surface area (Å²) in [5.74, 6) is -7.05. The molecule has 1 rings (SSSR count). The van der Waals surface area contributed by atoms with Crippen molar-refractivity contribution in [3.8, 4) is 0 Å². The Bertz CT molecular complexity index is 2030. The van der Waals surface area contributed by atoms with Crippen LogP contribution in [-0.2, 0) is 47.9 Å². The smallest absolute Gasteiger partial charge is 0.328 e. The Kier molecular flexibility index (Phi) is 43.1. The van der Waals surface area contributed by atoms with E-state index in [0.717, 1.165) is 12.8 Å². The van der Waals surface area contributed by atoms with Crippen LogP contribution in [0.5, 0.6) is 0 Å². The van der Waals surface area contributed by atoms with E-state index < -0.39 is 83.6 Å². The van der Waals surface area contributed by atoms with Gasteiger partial charge in [-0.1, -0.05) is 90.4 Å². The molecule has 480 valence electrons. The van der Waals surface area contributed by atoms with Gasteiger partial charge in [-0.2, -0.15) is 0 Å². The maximum absolute atomic E-state index is 14.5. The molecule has 0 aromatic carbocycles. The molecule has 0 bridgehead atoms. The molecule has 6 atom stereocenters. The van der Waals surface area contributed by atoms with E-state index in [9.17, 15) is 58.2 Å². The predicted molar refractivity (Wildman–Crippen MR) is 326 cm³/mol. The summed E-state index contributed by atoms with van der Waals surface area (Å²) in [6.07, 6.45) is 18.3. The van der Waals surface area contributed by atoms with Crippen LogP contribution in [0, 0.1) is 0 Å². The number of carbonyl (C=O) groups is 10. The number of nitrogens with zero attached hydrogens (tertiary/aromatic N) is 1. The minimum atomic E-state index is -1.74. The Hall–Kier alpha value is -6.38. The number of amides is 9. The van der Waals surface area contributed by atoms with Crippen molar-refractivity contribution < 1.29 is 58.2 Å². The summed E-state index contributed by atoms with van der Waals surface area (Å²) in [4.78, 5) is 135. The highest BCUT2D eigenvalue weighted by Crippen LogP contribution is 2.13. The Labute approximate surface area is 502 Å². The maximum atomic E-state index is 14.5. The number of hydrogen-bond donors (Lipinski definition) is 15. The van der Waals surface area contributed by atoms with E-state index in [4.69, 9.17) is 23.7 Å². The van der Waals surface area contributed by atoms with Crippen LogP contribution in [-0.4, -0.2) is 163 Å². The monoisotopic (exact) mass is 1210 g/mol. The van der Waals surface area contributed by atoms with Crippen molar-refractivity contribution in [3.05, 3.63) is 0 Å². The third kappa shape index (κ3) is 40.0. The average molecular weight is 1210 g/mol. The highest BCUT2D eigenvalue weighted by molar-refractivity contribution is 7.80. The van der Waals surface area contributed by atoms with Crippen LogP contribution in [0.15, 0.2) is 4.99 Å². The maximum Gasteiger partial charge on any atom is 0.328 e. The highest BCUT2D eigenvalue weighted by Gasteiger charge is 2.33. The van der Waals surface area contributed by atoms with Gasteiger partial charge in [0.05, 0.1) is 19.2 Å². The Balaban J connectivity index is 3.40. The minimum absolute atomic E-state index is 0.0206. The first-order valence-corrected chi connectivity index (χ1v) is 31.2. The van der Waals surface area contributed by atoms with Crippen molar-refractivity contribution in [1.82, 2.24) is 58.5 Å².